The minimum atomic E-state index is 0.332. The summed E-state index contributed by atoms with van der Waals surface area (Å²) in [5.41, 5.74) is 3.88. The van der Waals surface area contributed by atoms with Crippen LogP contribution in [-0.2, 0) is 6.42 Å². The van der Waals surface area contributed by atoms with E-state index in [1.165, 1.54) is 5.56 Å². The maximum Gasteiger partial charge on any atom is 0.145 e. The monoisotopic (exact) mass is 226 g/mol. The Morgan fingerprint density at radius 2 is 2.06 bits per heavy atom. The van der Waals surface area contributed by atoms with Gasteiger partial charge in [0, 0.05) is 5.39 Å². The normalized spacial score (nSPS) is 10.2. The standard InChI is InChI=1S/C14H14N2O/c1-9-4-5-13(17-3)14-11(9)8-10(2)12(16-14)6-7-15/h4-5,8H,6H2,1-3H3. The number of benzene rings is 1. The number of nitrogens with zero attached hydrogens (tertiary/aromatic N) is 2. The van der Waals surface area contributed by atoms with Gasteiger partial charge in [-0.05, 0) is 37.1 Å². The summed E-state index contributed by atoms with van der Waals surface area (Å²) in [4.78, 5) is 4.55. The molecular formula is C14H14N2O. The Hall–Kier alpha value is -2.08. The Morgan fingerprint density at radius 3 is 2.71 bits per heavy atom. The van der Waals surface area contributed by atoms with Crippen molar-refractivity contribution in [3.05, 3.63) is 35.0 Å². The van der Waals surface area contributed by atoms with Gasteiger partial charge in [-0.1, -0.05) is 6.07 Å². The average molecular weight is 226 g/mol. The summed E-state index contributed by atoms with van der Waals surface area (Å²) >= 11 is 0. The topological polar surface area (TPSA) is 45.9 Å². The Kier molecular flexibility index (Phi) is 2.97. The first-order valence-corrected chi connectivity index (χ1v) is 5.48. The number of hydrogen-bond donors (Lipinski definition) is 0. The van der Waals surface area contributed by atoms with Crippen LogP contribution < -0.4 is 4.74 Å². The number of hydrogen-bond acceptors (Lipinski definition) is 3. The summed E-state index contributed by atoms with van der Waals surface area (Å²) in [7, 11) is 1.63. The molecule has 17 heavy (non-hydrogen) atoms. The fraction of sp³-hybridized carbons (Fsp3) is 0.286. The summed E-state index contributed by atoms with van der Waals surface area (Å²) in [6, 6.07) is 8.15. The van der Waals surface area contributed by atoms with Crippen LogP contribution in [0.2, 0.25) is 0 Å². The first kappa shape index (κ1) is 11.4. The summed E-state index contributed by atoms with van der Waals surface area (Å²) in [5.74, 6) is 0.754. The number of aryl methyl sites for hydroxylation is 2. The number of aromatic nitrogens is 1. The van der Waals surface area contributed by atoms with Gasteiger partial charge in [0.25, 0.3) is 0 Å². The summed E-state index contributed by atoms with van der Waals surface area (Å²) in [6.07, 6.45) is 0.332. The van der Waals surface area contributed by atoms with E-state index in [2.05, 4.69) is 17.1 Å². The lowest BCUT2D eigenvalue weighted by molar-refractivity contribution is 0.418. The molecule has 0 unspecified atom stereocenters. The molecule has 0 N–H and O–H groups in total. The van der Waals surface area contributed by atoms with Crippen molar-refractivity contribution in [3.8, 4) is 11.8 Å². The van der Waals surface area contributed by atoms with Gasteiger partial charge < -0.3 is 4.74 Å². The fourth-order valence-corrected chi connectivity index (χ4v) is 1.93. The summed E-state index contributed by atoms with van der Waals surface area (Å²) < 4.78 is 5.31. The van der Waals surface area contributed by atoms with Crippen molar-refractivity contribution in [1.82, 2.24) is 4.98 Å². The number of ether oxygens (including phenoxy) is 1. The largest absolute Gasteiger partial charge is 0.494 e. The Labute approximate surface area is 101 Å². The van der Waals surface area contributed by atoms with Crippen LogP contribution >= 0.6 is 0 Å². The van der Waals surface area contributed by atoms with Crippen molar-refractivity contribution in [2.24, 2.45) is 0 Å². The zero-order valence-electron chi connectivity index (χ0n) is 10.2. The van der Waals surface area contributed by atoms with Crippen molar-refractivity contribution in [2.75, 3.05) is 7.11 Å². The van der Waals surface area contributed by atoms with Crippen molar-refractivity contribution >= 4 is 10.9 Å². The van der Waals surface area contributed by atoms with Crippen LogP contribution in [0.4, 0.5) is 0 Å². The first-order valence-electron chi connectivity index (χ1n) is 5.48. The molecular weight excluding hydrogens is 212 g/mol. The number of fused-ring (bicyclic) bond motifs is 1. The predicted octanol–water partition coefficient (Wildman–Crippen LogP) is 2.93. The zero-order valence-corrected chi connectivity index (χ0v) is 10.2. The molecule has 0 aliphatic carbocycles. The van der Waals surface area contributed by atoms with Crippen LogP contribution in [0.5, 0.6) is 5.75 Å². The highest BCUT2D eigenvalue weighted by atomic mass is 16.5. The maximum absolute atomic E-state index is 8.78. The van der Waals surface area contributed by atoms with Crippen LogP contribution in [-0.4, -0.2) is 12.1 Å². The summed E-state index contributed by atoms with van der Waals surface area (Å²) in [5, 5.41) is 9.86. The molecule has 0 fully saturated rings. The highest BCUT2D eigenvalue weighted by Gasteiger charge is 2.09. The SMILES string of the molecule is COc1ccc(C)c2cc(C)c(CC#N)nc12. The molecule has 1 aromatic heterocycles. The van der Waals surface area contributed by atoms with E-state index in [9.17, 15) is 0 Å². The Bertz CT molecular complexity index is 612. The minimum Gasteiger partial charge on any atom is -0.494 e. The van der Waals surface area contributed by atoms with Crippen LogP contribution in [0.25, 0.3) is 10.9 Å². The van der Waals surface area contributed by atoms with E-state index < -0.39 is 0 Å². The molecule has 86 valence electrons. The van der Waals surface area contributed by atoms with E-state index in [1.807, 2.05) is 26.0 Å². The van der Waals surface area contributed by atoms with Gasteiger partial charge in [-0.3, -0.25) is 0 Å². The van der Waals surface area contributed by atoms with Gasteiger partial charge in [0.05, 0.1) is 25.3 Å². The molecule has 2 rings (SSSR count). The van der Waals surface area contributed by atoms with E-state index in [0.29, 0.717) is 6.42 Å². The lowest BCUT2D eigenvalue weighted by Gasteiger charge is -2.10. The van der Waals surface area contributed by atoms with Crippen LogP contribution in [0.15, 0.2) is 18.2 Å². The highest BCUT2D eigenvalue weighted by Crippen LogP contribution is 2.28. The van der Waals surface area contributed by atoms with Gasteiger partial charge in [-0.15, -0.1) is 0 Å². The van der Waals surface area contributed by atoms with E-state index >= 15 is 0 Å². The molecule has 0 amide bonds. The molecule has 0 aliphatic heterocycles. The van der Waals surface area contributed by atoms with E-state index in [1.54, 1.807) is 7.11 Å². The molecule has 2 aromatic rings. The molecule has 0 saturated heterocycles. The van der Waals surface area contributed by atoms with Gasteiger partial charge in [-0.2, -0.15) is 5.26 Å². The smallest absolute Gasteiger partial charge is 0.145 e. The average Bonchev–Trinajstić information content (AvgIpc) is 2.32. The van der Waals surface area contributed by atoms with Gasteiger partial charge in [-0.25, -0.2) is 4.98 Å². The van der Waals surface area contributed by atoms with Gasteiger partial charge in [0.2, 0.25) is 0 Å². The van der Waals surface area contributed by atoms with E-state index in [0.717, 1.165) is 27.9 Å². The van der Waals surface area contributed by atoms with Crippen molar-refractivity contribution in [2.45, 2.75) is 20.3 Å². The van der Waals surface area contributed by atoms with Crippen molar-refractivity contribution < 1.29 is 4.74 Å². The lowest BCUT2D eigenvalue weighted by atomic mass is 10.0. The van der Waals surface area contributed by atoms with Gasteiger partial charge >= 0.3 is 0 Å². The number of pyridine rings is 1. The van der Waals surface area contributed by atoms with Crippen molar-refractivity contribution in [1.29, 1.82) is 5.26 Å². The Morgan fingerprint density at radius 1 is 1.29 bits per heavy atom. The minimum absolute atomic E-state index is 0.332. The second-order valence-corrected chi connectivity index (χ2v) is 4.07. The second kappa shape index (κ2) is 4.42. The maximum atomic E-state index is 8.78. The first-order chi connectivity index (χ1) is 8.17. The third-order valence-corrected chi connectivity index (χ3v) is 2.93. The second-order valence-electron chi connectivity index (χ2n) is 4.07. The van der Waals surface area contributed by atoms with Crippen molar-refractivity contribution in [3.63, 3.8) is 0 Å². The van der Waals surface area contributed by atoms with E-state index in [-0.39, 0.29) is 0 Å². The number of methoxy groups -OCH3 is 1. The quantitative estimate of drug-likeness (QED) is 0.790. The third kappa shape index (κ3) is 1.94. The van der Waals surface area contributed by atoms with Crippen LogP contribution in [0.1, 0.15) is 16.8 Å². The molecule has 1 heterocycles. The predicted molar refractivity (Wildman–Crippen MR) is 67.1 cm³/mol. The zero-order chi connectivity index (χ0) is 12.4. The lowest BCUT2D eigenvalue weighted by Crippen LogP contribution is -1.97. The Balaban J connectivity index is 2.78. The molecule has 0 aliphatic rings. The summed E-state index contributed by atoms with van der Waals surface area (Å²) in [6.45, 7) is 4.03. The molecule has 0 spiro atoms. The number of nitriles is 1. The molecule has 0 saturated carbocycles. The van der Waals surface area contributed by atoms with Gasteiger partial charge in [0.1, 0.15) is 11.3 Å². The van der Waals surface area contributed by atoms with Crippen LogP contribution in [0, 0.1) is 25.2 Å². The molecule has 0 bridgehead atoms. The van der Waals surface area contributed by atoms with Gasteiger partial charge in [0.15, 0.2) is 0 Å². The molecule has 0 atom stereocenters. The molecule has 0 radical (unpaired) electrons. The molecule has 3 nitrogen and oxygen atoms in total. The molecule has 3 heteroatoms. The van der Waals surface area contributed by atoms with E-state index in [4.69, 9.17) is 10.00 Å². The molecule has 1 aromatic carbocycles. The highest BCUT2D eigenvalue weighted by molar-refractivity contribution is 5.88. The van der Waals surface area contributed by atoms with Crippen LogP contribution in [0.3, 0.4) is 0 Å². The fourth-order valence-electron chi connectivity index (χ4n) is 1.93. The number of rotatable bonds is 2. The third-order valence-electron chi connectivity index (χ3n) is 2.93.